The van der Waals surface area contributed by atoms with Gasteiger partial charge in [-0.15, -0.1) is 0 Å². The minimum Gasteiger partial charge on any atom is -0.349 e. The first-order valence-electron chi connectivity index (χ1n) is 6.66. The summed E-state index contributed by atoms with van der Waals surface area (Å²) in [6.45, 7) is 0. The maximum Gasteiger partial charge on any atom is 0.267 e. The highest BCUT2D eigenvalue weighted by Crippen LogP contribution is 2.31. The van der Waals surface area contributed by atoms with Crippen molar-refractivity contribution in [2.24, 2.45) is 7.05 Å². The molecule has 0 fully saturated rings. The lowest BCUT2D eigenvalue weighted by molar-refractivity contribution is 0.929. The topological polar surface area (TPSA) is 61.6 Å². The summed E-state index contributed by atoms with van der Waals surface area (Å²) in [6, 6.07) is 14.7. The number of aryl methyl sites for hydroxylation is 1. The number of pyridine rings is 1. The molecule has 0 aliphatic heterocycles. The van der Waals surface area contributed by atoms with Crippen LogP contribution in [0.25, 0.3) is 22.5 Å². The summed E-state index contributed by atoms with van der Waals surface area (Å²) >= 11 is 6.22. The van der Waals surface area contributed by atoms with Gasteiger partial charge in [-0.05, 0) is 24.3 Å². The first kappa shape index (κ1) is 14.2. The van der Waals surface area contributed by atoms with Crippen molar-refractivity contribution in [3.63, 3.8) is 0 Å². The summed E-state index contributed by atoms with van der Waals surface area (Å²) in [4.78, 5) is 15.0. The normalized spacial score (nSPS) is 10.4. The molecule has 2 heterocycles. The van der Waals surface area contributed by atoms with Crippen molar-refractivity contribution in [3.05, 3.63) is 69.6 Å². The Morgan fingerprint density at radius 2 is 1.95 bits per heavy atom. The van der Waals surface area contributed by atoms with Crippen molar-refractivity contribution in [1.82, 2.24) is 9.55 Å². The molecule has 1 aromatic carbocycles. The van der Waals surface area contributed by atoms with Crippen LogP contribution in [-0.2, 0) is 7.05 Å². The molecule has 0 saturated carbocycles. The second kappa shape index (κ2) is 5.55. The zero-order valence-corrected chi connectivity index (χ0v) is 12.6. The first-order chi connectivity index (χ1) is 10.6. The minimum atomic E-state index is -0.420. The van der Waals surface area contributed by atoms with E-state index in [-0.39, 0.29) is 5.56 Å². The van der Waals surface area contributed by atoms with E-state index in [0.717, 1.165) is 5.69 Å². The number of H-pyrrole nitrogens is 1. The molecule has 4 nitrogen and oxygen atoms in total. The Hall–Kier alpha value is -2.77. The lowest BCUT2D eigenvalue weighted by Gasteiger charge is -2.10. The van der Waals surface area contributed by atoms with E-state index in [9.17, 15) is 10.1 Å². The van der Waals surface area contributed by atoms with Gasteiger partial charge in [-0.3, -0.25) is 4.79 Å². The van der Waals surface area contributed by atoms with Gasteiger partial charge in [0.25, 0.3) is 5.56 Å². The number of nitrogens with zero attached hydrogens (tertiary/aromatic N) is 2. The van der Waals surface area contributed by atoms with Crippen LogP contribution in [0.2, 0.25) is 5.02 Å². The van der Waals surface area contributed by atoms with Crippen molar-refractivity contribution < 1.29 is 0 Å². The molecule has 0 spiro atoms. The predicted molar refractivity (Wildman–Crippen MR) is 86.6 cm³/mol. The number of rotatable bonds is 2. The highest BCUT2D eigenvalue weighted by atomic mass is 35.5. The molecule has 22 heavy (non-hydrogen) atoms. The second-order valence-corrected chi connectivity index (χ2v) is 5.30. The summed E-state index contributed by atoms with van der Waals surface area (Å²) in [5.41, 5.74) is 2.35. The standard InChI is InChI=1S/C17H12ClN3O/c1-21-8-4-7-16(21)15-9-12(13(10-19)17(22)20-15)11-5-2-3-6-14(11)18/h2-9H,1H3,(H,20,22). The summed E-state index contributed by atoms with van der Waals surface area (Å²) in [6.07, 6.45) is 1.89. The van der Waals surface area contributed by atoms with E-state index in [2.05, 4.69) is 4.98 Å². The molecular weight excluding hydrogens is 298 g/mol. The molecule has 0 atom stereocenters. The van der Waals surface area contributed by atoms with Crippen molar-refractivity contribution in [3.8, 4) is 28.6 Å². The lowest BCUT2D eigenvalue weighted by atomic mass is 10.0. The van der Waals surface area contributed by atoms with Gasteiger partial charge in [-0.25, -0.2) is 0 Å². The van der Waals surface area contributed by atoms with Crippen LogP contribution in [0.4, 0.5) is 0 Å². The average Bonchev–Trinajstić information content (AvgIpc) is 2.93. The quantitative estimate of drug-likeness (QED) is 0.786. The number of hydrogen-bond donors (Lipinski definition) is 1. The zero-order valence-electron chi connectivity index (χ0n) is 11.8. The molecular formula is C17H12ClN3O. The molecule has 3 aromatic rings. The van der Waals surface area contributed by atoms with E-state index in [1.54, 1.807) is 18.2 Å². The second-order valence-electron chi connectivity index (χ2n) is 4.90. The fourth-order valence-electron chi connectivity index (χ4n) is 2.44. The third-order valence-electron chi connectivity index (χ3n) is 3.53. The van der Waals surface area contributed by atoms with Crippen LogP contribution in [0.5, 0.6) is 0 Å². The monoisotopic (exact) mass is 309 g/mol. The van der Waals surface area contributed by atoms with Crippen LogP contribution in [0, 0.1) is 11.3 Å². The SMILES string of the molecule is Cn1cccc1-c1cc(-c2ccccc2Cl)c(C#N)c(=O)[nH]1. The smallest absolute Gasteiger partial charge is 0.267 e. The van der Waals surface area contributed by atoms with Crippen LogP contribution in [-0.4, -0.2) is 9.55 Å². The van der Waals surface area contributed by atoms with Gasteiger partial charge in [0.05, 0.1) is 11.4 Å². The summed E-state index contributed by atoms with van der Waals surface area (Å²) in [7, 11) is 1.89. The fraction of sp³-hybridized carbons (Fsp3) is 0.0588. The molecule has 2 aromatic heterocycles. The highest BCUT2D eigenvalue weighted by molar-refractivity contribution is 6.33. The average molecular weight is 310 g/mol. The van der Waals surface area contributed by atoms with Crippen molar-refractivity contribution in [2.45, 2.75) is 0 Å². The van der Waals surface area contributed by atoms with Gasteiger partial charge in [0.15, 0.2) is 0 Å². The molecule has 1 N–H and O–H groups in total. The lowest BCUT2D eigenvalue weighted by Crippen LogP contribution is -2.13. The zero-order chi connectivity index (χ0) is 15.7. The molecule has 0 aliphatic rings. The third-order valence-corrected chi connectivity index (χ3v) is 3.86. The predicted octanol–water partition coefficient (Wildman–Crippen LogP) is 3.57. The van der Waals surface area contributed by atoms with Gasteiger partial charge in [0, 0.05) is 29.4 Å². The summed E-state index contributed by atoms with van der Waals surface area (Å²) in [5.74, 6) is 0. The number of nitriles is 1. The van der Waals surface area contributed by atoms with Gasteiger partial charge in [0.1, 0.15) is 11.6 Å². The van der Waals surface area contributed by atoms with Gasteiger partial charge in [0.2, 0.25) is 0 Å². The Labute approximate surface area is 132 Å². The number of halogens is 1. The van der Waals surface area contributed by atoms with Crippen molar-refractivity contribution >= 4 is 11.6 Å². The molecule has 0 bridgehead atoms. The minimum absolute atomic E-state index is 0.0612. The maximum absolute atomic E-state index is 12.3. The molecule has 108 valence electrons. The molecule has 0 radical (unpaired) electrons. The summed E-state index contributed by atoms with van der Waals surface area (Å²) in [5, 5.41) is 9.81. The van der Waals surface area contributed by atoms with Gasteiger partial charge in [-0.2, -0.15) is 5.26 Å². The molecule has 0 aliphatic carbocycles. The van der Waals surface area contributed by atoms with Crippen molar-refractivity contribution in [1.29, 1.82) is 5.26 Å². The molecule has 5 heteroatoms. The number of aromatic amines is 1. The van der Waals surface area contributed by atoms with E-state index in [4.69, 9.17) is 11.6 Å². The number of nitrogens with one attached hydrogen (secondary N) is 1. The molecule has 0 saturated heterocycles. The third kappa shape index (κ3) is 2.32. The van der Waals surface area contributed by atoms with E-state index in [1.807, 2.05) is 48.1 Å². The Morgan fingerprint density at radius 1 is 1.18 bits per heavy atom. The van der Waals surface area contributed by atoms with E-state index in [1.165, 1.54) is 0 Å². The van der Waals surface area contributed by atoms with E-state index < -0.39 is 5.56 Å². The largest absolute Gasteiger partial charge is 0.349 e. The molecule has 0 amide bonds. The van der Waals surface area contributed by atoms with E-state index >= 15 is 0 Å². The number of benzene rings is 1. The Kier molecular flexibility index (Phi) is 3.58. The Balaban J connectivity index is 2.32. The van der Waals surface area contributed by atoms with Gasteiger partial charge in [-0.1, -0.05) is 29.8 Å². The highest BCUT2D eigenvalue weighted by Gasteiger charge is 2.15. The van der Waals surface area contributed by atoms with Crippen LogP contribution >= 0.6 is 11.6 Å². The van der Waals surface area contributed by atoms with Crippen LogP contribution < -0.4 is 5.56 Å². The van der Waals surface area contributed by atoms with E-state index in [0.29, 0.717) is 21.8 Å². The molecule has 3 rings (SSSR count). The van der Waals surface area contributed by atoms with Crippen molar-refractivity contribution in [2.75, 3.05) is 0 Å². The maximum atomic E-state index is 12.3. The van der Waals surface area contributed by atoms with Crippen LogP contribution in [0.15, 0.2) is 53.5 Å². The van der Waals surface area contributed by atoms with Crippen LogP contribution in [0.1, 0.15) is 5.56 Å². The first-order valence-corrected chi connectivity index (χ1v) is 7.03. The number of aromatic nitrogens is 2. The van der Waals surface area contributed by atoms with Gasteiger partial charge < -0.3 is 9.55 Å². The Morgan fingerprint density at radius 3 is 2.59 bits per heavy atom. The van der Waals surface area contributed by atoms with Gasteiger partial charge >= 0.3 is 0 Å². The van der Waals surface area contributed by atoms with Crippen LogP contribution in [0.3, 0.4) is 0 Å². The fourth-order valence-corrected chi connectivity index (χ4v) is 2.68. The summed E-state index contributed by atoms with van der Waals surface area (Å²) < 4.78 is 1.90. The number of hydrogen-bond acceptors (Lipinski definition) is 2. The molecule has 0 unspecified atom stereocenters. The Bertz CT molecular complexity index is 947.